The quantitative estimate of drug-likeness (QED) is 0.632. The summed E-state index contributed by atoms with van der Waals surface area (Å²) in [6.45, 7) is 9.05. The Kier molecular flexibility index (Phi) is 9.53. The Morgan fingerprint density at radius 1 is 1.17 bits per heavy atom. The SMILES string of the molecule is CCc1ccccc1NCCSC(=O)CNC(=O)[C@@H](C)CC(C)C. The molecule has 0 aliphatic carbocycles. The van der Waals surface area contributed by atoms with Crippen molar-refractivity contribution < 1.29 is 9.59 Å². The summed E-state index contributed by atoms with van der Waals surface area (Å²) >= 11 is 1.26. The van der Waals surface area contributed by atoms with E-state index in [2.05, 4.69) is 43.5 Å². The predicted molar refractivity (Wildman–Crippen MR) is 103 cm³/mol. The van der Waals surface area contributed by atoms with Crippen LogP contribution in [-0.4, -0.2) is 29.9 Å². The number of nitrogens with one attached hydrogen (secondary N) is 2. The molecule has 0 heterocycles. The zero-order chi connectivity index (χ0) is 17.9. The second-order valence-corrected chi connectivity index (χ2v) is 7.56. The van der Waals surface area contributed by atoms with Gasteiger partial charge in [0, 0.05) is 23.9 Å². The molecule has 0 aliphatic rings. The molecule has 1 rings (SSSR count). The van der Waals surface area contributed by atoms with Gasteiger partial charge in [-0.25, -0.2) is 0 Å². The van der Waals surface area contributed by atoms with Crippen LogP contribution in [0.4, 0.5) is 5.69 Å². The topological polar surface area (TPSA) is 58.2 Å². The third-order valence-electron chi connectivity index (χ3n) is 3.76. The zero-order valence-electron chi connectivity index (χ0n) is 15.2. The molecule has 134 valence electrons. The average molecular weight is 351 g/mol. The highest BCUT2D eigenvalue weighted by Crippen LogP contribution is 2.15. The van der Waals surface area contributed by atoms with Gasteiger partial charge in [0.15, 0.2) is 0 Å². The lowest BCUT2D eigenvalue weighted by atomic mass is 9.98. The minimum absolute atomic E-state index is 0.00525. The fraction of sp³-hybridized carbons (Fsp3) is 0.579. The van der Waals surface area contributed by atoms with Crippen LogP contribution >= 0.6 is 11.8 Å². The van der Waals surface area contributed by atoms with Crippen molar-refractivity contribution in [3.8, 4) is 0 Å². The summed E-state index contributed by atoms with van der Waals surface area (Å²) in [6, 6.07) is 8.20. The molecule has 5 heteroatoms. The lowest BCUT2D eigenvalue weighted by molar-refractivity contribution is -0.126. The van der Waals surface area contributed by atoms with Crippen LogP contribution in [0.3, 0.4) is 0 Å². The molecule has 0 radical (unpaired) electrons. The Morgan fingerprint density at radius 3 is 2.54 bits per heavy atom. The molecule has 4 nitrogen and oxygen atoms in total. The summed E-state index contributed by atoms with van der Waals surface area (Å²) in [6.07, 6.45) is 1.82. The number of benzene rings is 1. The zero-order valence-corrected chi connectivity index (χ0v) is 16.0. The van der Waals surface area contributed by atoms with Gasteiger partial charge < -0.3 is 10.6 Å². The van der Waals surface area contributed by atoms with Crippen LogP contribution in [0.5, 0.6) is 0 Å². The molecule has 1 amide bonds. The highest BCUT2D eigenvalue weighted by molar-refractivity contribution is 8.13. The molecule has 24 heavy (non-hydrogen) atoms. The summed E-state index contributed by atoms with van der Waals surface area (Å²) in [4.78, 5) is 23.7. The van der Waals surface area contributed by atoms with Crippen LogP contribution in [0.2, 0.25) is 0 Å². The minimum atomic E-state index is -0.0463. The van der Waals surface area contributed by atoms with Gasteiger partial charge in [-0.3, -0.25) is 9.59 Å². The van der Waals surface area contributed by atoms with Crippen molar-refractivity contribution in [3.63, 3.8) is 0 Å². The van der Waals surface area contributed by atoms with E-state index in [1.54, 1.807) is 0 Å². The normalized spacial score (nSPS) is 12.0. The molecule has 0 spiro atoms. The van der Waals surface area contributed by atoms with Crippen LogP contribution in [-0.2, 0) is 16.0 Å². The molecule has 0 bridgehead atoms. The lowest BCUT2D eigenvalue weighted by Gasteiger charge is -2.13. The van der Waals surface area contributed by atoms with Crippen molar-refractivity contribution in [2.75, 3.05) is 24.2 Å². The van der Waals surface area contributed by atoms with Crippen molar-refractivity contribution in [2.45, 2.75) is 40.5 Å². The smallest absolute Gasteiger partial charge is 0.223 e. The summed E-state index contributed by atoms with van der Waals surface area (Å²) in [5.74, 6) is 1.09. The first kappa shape index (κ1) is 20.6. The standard InChI is InChI=1S/C19H30N2O2S/c1-5-16-8-6-7-9-17(16)20-10-11-24-18(22)13-21-19(23)15(4)12-14(2)3/h6-9,14-15,20H,5,10-13H2,1-4H3,(H,21,23)/t15-/m0/s1. The maximum absolute atomic E-state index is 11.9. The molecule has 0 aromatic heterocycles. The van der Waals surface area contributed by atoms with Gasteiger partial charge in [-0.1, -0.05) is 57.7 Å². The van der Waals surface area contributed by atoms with E-state index in [0.717, 1.165) is 25.1 Å². The second-order valence-electron chi connectivity index (χ2n) is 6.41. The number of anilines is 1. The number of carbonyl (C=O) groups excluding carboxylic acids is 2. The molecular weight excluding hydrogens is 320 g/mol. The maximum Gasteiger partial charge on any atom is 0.223 e. The largest absolute Gasteiger partial charge is 0.384 e. The average Bonchev–Trinajstić information content (AvgIpc) is 2.56. The molecule has 0 unspecified atom stereocenters. The Balaban J connectivity index is 2.21. The number of hydrogen-bond acceptors (Lipinski definition) is 4. The number of thioether (sulfide) groups is 1. The van der Waals surface area contributed by atoms with Crippen molar-refractivity contribution >= 4 is 28.5 Å². The van der Waals surface area contributed by atoms with Gasteiger partial charge in [0.05, 0.1) is 6.54 Å². The van der Waals surface area contributed by atoms with Crippen LogP contribution in [0.15, 0.2) is 24.3 Å². The number of amides is 1. The fourth-order valence-corrected chi connectivity index (χ4v) is 3.16. The summed E-state index contributed by atoms with van der Waals surface area (Å²) < 4.78 is 0. The van der Waals surface area contributed by atoms with Crippen molar-refractivity contribution in [2.24, 2.45) is 11.8 Å². The van der Waals surface area contributed by atoms with E-state index in [1.165, 1.54) is 17.3 Å². The van der Waals surface area contributed by atoms with Gasteiger partial charge in [0.2, 0.25) is 11.0 Å². The van der Waals surface area contributed by atoms with E-state index in [-0.39, 0.29) is 23.5 Å². The van der Waals surface area contributed by atoms with Crippen molar-refractivity contribution in [3.05, 3.63) is 29.8 Å². The maximum atomic E-state index is 11.9. The minimum Gasteiger partial charge on any atom is -0.384 e. The highest BCUT2D eigenvalue weighted by atomic mass is 32.2. The van der Waals surface area contributed by atoms with E-state index in [1.807, 2.05) is 19.1 Å². The fourth-order valence-electron chi connectivity index (χ4n) is 2.55. The Labute approximate surface area is 150 Å². The number of rotatable bonds is 10. The molecule has 0 aliphatic heterocycles. The Bertz CT molecular complexity index is 532. The Hall–Kier alpha value is -1.49. The number of para-hydroxylation sites is 1. The molecule has 1 aromatic rings. The van der Waals surface area contributed by atoms with Gasteiger partial charge in [-0.2, -0.15) is 0 Å². The summed E-state index contributed by atoms with van der Waals surface area (Å²) in [5.41, 5.74) is 2.41. The van der Waals surface area contributed by atoms with E-state index >= 15 is 0 Å². The van der Waals surface area contributed by atoms with Crippen LogP contribution in [0.1, 0.15) is 39.7 Å². The van der Waals surface area contributed by atoms with Gasteiger partial charge in [-0.05, 0) is 30.4 Å². The third-order valence-corrected chi connectivity index (χ3v) is 4.63. The van der Waals surface area contributed by atoms with E-state index in [9.17, 15) is 9.59 Å². The molecule has 1 atom stereocenters. The van der Waals surface area contributed by atoms with Gasteiger partial charge in [-0.15, -0.1) is 0 Å². The molecule has 0 saturated heterocycles. The molecule has 2 N–H and O–H groups in total. The summed E-state index contributed by atoms with van der Waals surface area (Å²) in [5, 5.41) is 6.10. The predicted octanol–water partition coefficient (Wildman–Crippen LogP) is 3.72. The molecule has 0 fully saturated rings. The van der Waals surface area contributed by atoms with E-state index in [4.69, 9.17) is 0 Å². The van der Waals surface area contributed by atoms with Crippen molar-refractivity contribution in [1.29, 1.82) is 0 Å². The lowest BCUT2D eigenvalue weighted by Crippen LogP contribution is -2.33. The first-order valence-electron chi connectivity index (χ1n) is 8.69. The van der Waals surface area contributed by atoms with Crippen LogP contribution in [0.25, 0.3) is 0 Å². The van der Waals surface area contributed by atoms with Gasteiger partial charge >= 0.3 is 0 Å². The molecule has 0 saturated carbocycles. The second kappa shape index (κ2) is 11.1. The van der Waals surface area contributed by atoms with Crippen LogP contribution < -0.4 is 10.6 Å². The van der Waals surface area contributed by atoms with Gasteiger partial charge in [0.1, 0.15) is 0 Å². The summed E-state index contributed by atoms with van der Waals surface area (Å²) in [7, 11) is 0. The van der Waals surface area contributed by atoms with E-state index in [0.29, 0.717) is 11.7 Å². The molecule has 1 aromatic carbocycles. The van der Waals surface area contributed by atoms with Crippen molar-refractivity contribution in [1.82, 2.24) is 5.32 Å². The first-order valence-corrected chi connectivity index (χ1v) is 9.67. The van der Waals surface area contributed by atoms with Gasteiger partial charge in [0.25, 0.3) is 0 Å². The molecular formula is C19H30N2O2S. The number of hydrogen-bond donors (Lipinski definition) is 2. The monoisotopic (exact) mass is 350 g/mol. The number of aryl methyl sites for hydroxylation is 1. The van der Waals surface area contributed by atoms with E-state index < -0.39 is 0 Å². The highest BCUT2D eigenvalue weighted by Gasteiger charge is 2.15. The Morgan fingerprint density at radius 2 is 1.88 bits per heavy atom. The van der Waals surface area contributed by atoms with Crippen LogP contribution in [0, 0.1) is 11.8 Å². The first-order chi connectivity index (χ1) is 11.4. The third kappa shape index (κ3) is 7.86. The number of carbonyl (C=O) groups is 2.